The van der Waals surface area contributed by atoms with Gasteiger partial charge in [0.2, 0.25) is 11.8 Å². The zero-order chi connectivity index (χ0) is 28.1. The van der Waals surface area contributed by atoms with Gasteiger partial charge in [0.25, 0.3) is 5.96 Å². The highest BCUT2D eigenvalue weighted by atomic mass is 16.7. The molecular weight excluding hydrogens is 479 g/mol. The maximum atomic E-state index is 12.9. The quantitative estimate of drug-likeness (QED) is 0.0278. The van der Waals surface area contributed by atoms with E-state index in [9.17, 15) is 29.8 Å². The highest BCUT2D eigenvalue weighted by molar-refractivity contribution is 6.43. The molecule has 0 saturated heterocycles. The van der Waals surface area contributed by atoms with Crippen LogP contribution in [-0.4, -0.2) is 58.5 Å². The zero-order valence-corrected chi connectivity index (χ0v) is 22.9. The van der Waals surface area contributed by atoms with Gasteiger partial charge >= 0.3 is 7.12 Å². The number of nitrogens with one attached hydrogen (secondary N) is 5. The molecule has 0 rings (SSSR count). The summed E-state index contributed by atoms with van der Waals surface area (Å²) in [6.07, 6.45) is 12.7. The van der Waals surface area contributed by atoms with Gasteiger partial charge < -0.3 is 26.0 Å². The van der Waals surface area contributed by atoms with Crippen LogP contribution in [0.25, 0.3) is 0 Å². The first kappa shape index (κ1) is 34.6. The SMILES string of the molecule is CCCCCCCCCCCCC(=O)N[C@@H](CCCNC(=N)N[N+](=O)[O-])C(=O)N[C@@H](CC(C)C)B(O)O. The number of carbonyl (C=O) groups is 2. The number of hydrazine groups is 1. The first-order valence-corrected chi connectivity index (χ1v) is 13.8. The minimum Gasteiger partial charge on any atom is -0.426 e. The van der Waals surface area contributed by atoms with Crippen molar-refractivity contribution in [3.05, 3.63) is 10.1 Å². The summed E-state index contributed by atoms with van der Waals surface area (Å²) in [5, 5.41) is 44.1. The molecule has 13 heteroatoms. The van der Waals surface area contributed by atoms with Crippen LogP contribution in [0.4, 0.5) is 0 Å². The molecule has 12 nitrogen and oxygen atoms in total. The average Bonchev–Trinajstić information content (AvgIpc) is 2.80. The number of guanidine groups is 1. The lowest BCUT2D eigenvalue weighted by molar-refractivity contribution is -0.525. The molecule has 0 aromatic carbocycles. The summed E-state index contributed by atoms with van der Waals surface area (Å²) in [7, 11) is -1.73. The summed E-state index contributed by atoms with van der Waals surface area (Å²) in [5.41, 5.74) is 1.68. The van der Waals surface area contributed by atoms with Gasteiger partial charge in [-0.05, 0) is 31.6 Å². The third-order valence-electron chi connectivity index (χ3n) is 6.00. The molecule has 0 aliphatic heterocycles. The molecule has 0 saturated carbocycles. The van der Waals surface area contributed by atoms with E-state index < -0.39 is 36.0 Å². The third kappa shape index (κ3) is 20.4. The molecule has 0 heterocycles. The lowest BCUT2D eigenvalue weighted by atomic mass is 9.75. The average molecular weight is 529 g/mol. The first-order valence-electron chi connectivity index (χ1n) is 13.8. The Morgan fingerprint density at radius 3 is 2.03 bits per heavy atom. The lowest BCUT2D eigenvalue weighted by Crippen LogP contribution is -2.54. The van der Waals surface area contributed by atoms with Crippen LogP contribution in [0.1, 0.15) is 111 Å². The van der Waals surface area contributed by atoms with Crippen molar-refractivity contribution in [1.29, 1.82) is 5.41 Å². The Balaban J connectivity index is 4.63. The van der Waals surface area contributed by atoms with Gasteiger partial charge in [-0.15, -0.1) is 0 Å². The fraction of sp³-hybridized carbons (Fsp3) is 0.875. The second kappa shape index (κ2) is 21.7. The molecule has 0 aliphatic carbocycles. The molecule has 2 atom stereocenters. The van der Waals surface area contributed by atoms with Gasteiger partial charge in [-0.1, -0.05) is 84.0 Å². The van der Waals surface area contributed by atoms with Crippen molar-refractivity contribution in [2.24, 2.45) is 5.92 Å². The van der Waals surface area contributed by atoms with E-state index in [0.717, 1.165) is 25.7 Å². The van der Waals surface area contributed by atoms with E-state index in [0.29, 0.717) is 19.3 Å². The Labute approximate surface area is 221 Å². The Kier molecular flexibility index (Phi) is 20.3. The zero-order valence-electron chi connectivity index (χ0n) is 22.9. The van der Waals surface area contributed by atoms with Crippen molar-refractivity contribution in [1.82, 2.24) is 21.4 Å². The summed E-state index contributed by atoms with van der Waals surface area (Å²) in [6.45, 7) is 6.17. The molecule has 37 heavy (non-hydrogen) atoms. The molecule has 7 N–H and O–H groups in total. The van der Waals surface area contributed by atoms with Crippen LogP contribution in [0.3, 0.4) is 0 Å². The predicted octanol–water partition coefficient (Wildman–Crippen LogP) is 2.41. The topological polar surface area (TPSA) is 190 Å². The number of amides is 2. The molecule has 0 fully saturated rings. The molecule has 0 spiro atoms. The summed E-state index contributed by atoms with van der Waals surface area (Å²) < 4.78 is 0. The van der Waals surface area contributed by atoms with E-state index in [1.807, 2.05) is 13.8 Å². The van der Waals surface area contributed by atoms with Gasteiger partial charge in [0.1, 0.15) is 6.04 Å². The van der Waals surface area contributed by atoms with Crippen LogP contribution in [0.15, 0.2) is 0 Å². The van der Waals surface area contributed by atoms with Crippen LogP contribution in [0.2, 0.25) is 0 Å². The fourth-order valence-electron chi connectivity index (χ4n) is 4.01. The summed E-state index contributed by atoms with van der Waals surface area (Å²) in [6, 6.07) is -0.900. The number of hydrogen-bond acceptors (Lipinski definition) is 7. The smallest absolute Gasteiger partial charge is 0.426 e. The van der Waals surface area contributed by atoms with E-state index in [2.05, 4.69) is 22.9 Å². The second-order valence-corrected chi connectivity index (χ2v) is 10.0. The first-order chi connectivity index (χ1) is 17.6. The highest BCUT2D eigenvalue weighted by Crippen LogP contribution is 2.12. The van der Waals surface area contributed by atoms with Crippen LogP contribution in [-0.2, 0) is 9.59 Å². The number of hydrogen-bond donors (Lipinski definition) is 7. The standard InChI is InChI=1S/C24H49BN6O6/c1-4-5-6-7-8-9-10-11-12-13-16-22(32)28-20(15-14-17-27-24(26)30-31(36)37)23(33)29-21(25(34)35)18-19(2)3/h19-21,34-35H,4-18H2,1-3H3,(H,28,32)(H,29,33)(H3,26,27,30)/t20-,21-/m0/s1. The minimum absolute atomic E-state index is 0.112. The lowest BCUT2D eigenvalue weighted by Gasteiger charge is -2.24. The molecule has 0 aromatic heterocycles. The second-order valence-electron chi connectivity index (χ2n) is 10.0. The Morgan fingerprint density at radius 1 is 0.946 bits per heavy atom. The number of rotatable bonds is 22. The molecule has 0 aliphatic rings. The summed E-state index contributed by atoms with van der Waals surface area (Å²) in [5.74, 6) is -2.00. The Hall–Kier alpha value is -2.41. The molecule has 0 radical (unpaired) electrons. The van der Waals surface area contributed by atoms with Gasteiger partial charge in [-0.2, -0.15) is 0 Å². The van der Waals surface area contributed by atoms with Crippen LogP contribution >= 0.6 is 0 Å². The number of nitro groups is 1. The summed E-state index contributed by atoms with van der Waals surface area (Å²) in [4.78, 5) is 35.8. The van der Waals surface area contributed by atoms with Gasteiger partial charge in [0, 0.05) is 13.0 Å². The van der Waals surface area contributed by atoms with E-state index in [4.69, 9.17) is 5.41 Å². The van der Waals surface area contributed by atoms with Crippen molar-refractivity contribution in [3.63, 3.8) is 0 Å². The van der Waals surface area contributed by atoms with E-state index in [1.54, 1.807) is 5.43 Å². The van der Waals surface area contributed by atoms with Crippen molar-refractivity contribution in [2.75, 3.05) is 6.54 Å². The number of unbranched alkanes of at least 4 members (excludes halogenated alkanes) is 9. The molecule has 2 amide bonds. The van der Waals surface area contributed by atoms with Gasteiger partial charge in [-0.25, -0.2) is 10.1 Å². The number of carbonyl (C=O) groups excluding carboxylic acids is 2. The van der Waals surface area contributed by atoms with Crippen molar-refractivity contribution < 1.29 is 24.7 Å². The van der Waals surface area contributed by atoms with Crippen LogP contribution in [0.5, 0.6) is 0 Å². The van der Waals surface area contributed by atoms with Crippen LogP contribution < -0.4 is 21.4 Å². The number of nitrogens with zero attached hydrogens (tertiary/aromatic N) is 1. The van der Waals surface area contributed by atoms with Crippen LogP contribution in [0, 0.1) is 21.4 Å². The molecule has 214 valence electrons. The van der Waals surface area contributed by atoms with Crippen molar-refractivity contribution >= 4 is 24.9 Å². The van der Waals surface area contributed by atoms with E-state index >= 15 is 0 Å². The molecule has 0 unspecified atom stereocenters. The molecule has 0 aromatic rings. The highest BCUT2D eigenvalue weighted by Gasteiger charge is 2.29. The van der Waals surface area contributed by atoms with Crippen molar-refractivity contribution in [2.45, 2.75) is 123 Å². The van der Waals surface area contributed by atoms with Gasteiger partial charge in [-0.3, -0.25) is 15.0 Å². The van der Waals surface area contributed by atoms with Crippen molar-refractivity contribution in [3.8, 4) is 0 Å². The molecule has 0 bridgehead atoms. The Morgan fingerprint density at radius 2 is 1.51 bits per heavy atom. The van der Waals surface area contributed by atoms with Gasteiger partial charge in [0.15, 0.2) is 5.03 Å². The largest absolute Gasteiger partial charge is 0.475 e. The Bertz CT molecular complexity index is 668. The maximum Gasteiger partial charge on any atom is 0.475 e. The summed E-state index contributed by atoms with van der Waals surface area (Å²) >= 11 is 0. The molecular formula is C24H49BN6O6. The third-order valence-corrected chi connectivity index (χ3v) is 6.00. The monoisotopic (exact) mass is 528 g/mol. The maximum absolute atomic E-state index is 12.9. The van der Waals surface area contributed by atoms with Gasteiger partial charge in [0.05, 0.1) is 5.94 Å². The van der Waals surface area contributed by atoms with E-state index in [1.165, 1.54) is 38.5 Å². The van der Waals surface area contributed by atoms with E-state index in [-0.39, 0.29) is 24.8 Å². The minimum atomic E-state index is -1.73. The predicted molar refractivity (Wildman–Crippen MR) is 145 cm³/mol. The normalized spacial score (nSPS) is 12.5. The fourth-order valence-corrected chi connectivity index (χ4v) is 4.01.